The second-order valence-electron chi connectivity index (χ2n) is 37.3. The summed E-state index contributed by atoms with van der Waals surface area (Å²) in [5.41, 5.74) is 21.2. The Bertz CT molecular complexity index is 7250. The molecule has 0 N–H and O–H groups in total. The first-order chi connectivity index (χ1) is 61.8. The Hall–Kier alpha value is -10.7. The molecular formula is C106H128N8O4+4. The molecule has 118 heavy (non-hydrogen) atoms. The molecule has 12 heteroatoms. The predicted molar refractivity (Wildman–Crippen MR) is 490 cm³/mol. The van der Waals surface area contributed by atoms with Gasteiger partial charge in [-0.3, -0.25) is 0 Å². The molecule has 0 aliphatic heterocycles. The van der Waals surface area contributed by atoms with Crippen LogP contribution in [0.1, 0.15) is 248 Å². The number of fused-ring (bicyclic) bond motifs is 12. The molecule has 0 spiro atoms. The molecule has 0 aliphatic rings. The molecule has 12 heterocycles. The first-order valence-electron chi connectivity index (χ1n) is 49.3. The van der Waals surface area contributed by atoms with Gasteiger partial charge in [0.05, 0.1) is 22.3 Å². The molecular weight excluding hydrogens is 1450 g/mol. The van der Waals surface area contributed by atoms with Crippen molar-refractivity contribution in [3.05, 3.63) is 236 Å². The van der Waals surface area contributed by atoms with Crippen molar-refractivity contribution in [1.82, 2.24) is 19.9 Å². The molecule has 0 fully saturated rings. The molecule has 16 aromatic rings. The van der Waals surface area contributed by atoms with Crippen LogP contribution < -0.4 is 18.3 Å². The second kappa shape index (κ2) is 32.9. The lowest BCUT2D eigenvalue weighted by atomic mass is 9.86. The summed E-state index contributed by atoms with van der Waals surface area (Å²) >= 11 is 0. The van der Waals surface area contributed by atoms with E-state index in [9.17, 15) is 0 Å². The van der Waals surface area contributed by atoms with Gasteiger partial charge in [-0.05, 0) is 220 Å². The highest BCUT2D eigenvalue weighted by molar-refractivity contribution is 6.12. The van der Waals surface area contributed by atoms with Gasteiger partial charge in [-0.1, -0.05) is 173 Å². The third kappa shape index (κ3) is 17.8. The van der Waals surface area contributed by atoms with Crippen molar-refractivity contribution in [3.63, 3.8) is 0 Å². The van der Waals surface area contributed by atoms with Crippen molar-refractivity contribution >= 4 is 88.3 Å². The molecule has 0 saturated carbocycles. The molecule has 0 unspecified atom stereocenters. The lowest BCUT2D eigenvalue weighted by Gasteiger charge is -2.19. The lowest BCUT2D eigenvalue weighted by molar-refractivity contribution is -0.660. The van der Waals surface area contributed by atoms with Crippen LogP contribution in [0.25, 0.3) is 133 Å². The summed E-state index contributed by atoms with van der Waals surface area (Å²) in [5.74, 6) is 0.579. The Morgan fingerprint density at radius 2 is 0.568 bits per heavy atom. The van der Waals surface area contributed by atoms with Gasteiger partial charge in [0.2, 0.25) is 45.6 Å². The van der Waals surface area contributed by atoms with E-state index >= 15 is 0 Å². The Morgan fingerprint density at radius 3 is 0.814 bits per heavy atom. The number of aryl methyl sites for hydroxylation is 14. The number of benzene rings is 4. The zero-order valence-electron chi connectivity index (χ0n) is 90.1. The van der Waals surface area contributed by atoms with Gasteiger partial charge < -0.3 is 17.7 Å². The van der Waals surface area contributed by atoms with Crippen molar-refractivity contribution in [3.8, 4) is 45.0 Å². The van der Waals surface area contributed by atoms with Gasteiger partial charge in [0.15, 0.2) is 47.1 Å². The molecule has 16 rings (SSSR count). The standard InChI is InChI=1S/2C27H33N2O.2C26H31N2O/c2*1-16(2)22-12-11-21-20-10-9-17(3)24(25(20)30-26(21)28-22)23-13-19(14-27(5,6)7)18(4)15-29(23)8;2*1-8-19-10-12-21-20-11-9-16(2)23(24(20)29-25(21)27-19)22-13-18(14-26(4,5)6)17(3)15-28(22)7/h2*9-13,15-16H,14H2,1-8H3;2*9-13,15H,8,14H2,1-7H3/q4*+1/i4D3,14D2;4D3;3D3,14D2;3D3. The van der Waals surface area contributed by atoms with Gasteiger partial charge in [-0.25, -0.2) is 38.2 Å². The minimum Gasteiger partial charge on any atom is -0.437 e. The van der Waals surface area contributed by atoms with E-state index in [1.807, 2.05) is 111 Å². The van der Waals surface area contributed by atoms with Crippen molar-refractivity contribution < 1.29 is 57.9 Å². The van der Waals surface area contributed by atoms with Crippen LogP contribution in [0, 0.1) is 76.8 Å². The smallest absolute Gasteiger partial charge is 0.227 e. The number of nitrogens with zero attached hydrogens (tertiary/aromatic N) is 8. The fourth-order valence-electron chi connectivity index (χ4n) is 15.8. The van der Waals surface area contributed by atoms with E-state index in [0.29, 0.717) is 75.3 Å². The summed E-state index contributed by atoms with van der Waals surface area (Å²) in [6.45, 7) is 34.9. The van der Waals surface area contributed by atoms with Crippen LogP contribution in [0.4, 0.5) is 0 Å². The summed E-state index contributed by atoms with van der Waals surface area (Å²) in [5, 5.41) is 7.70. The van der Waals surface area contributed by atoms with Crippen LogP contribution >= 0.6 is 0 Å². The first-order valence-corrected chi connectivity index (χ1v) is 41.3. The highest BCUT2D eigenvalue weighted by atomic mass is 16.4. The van der Waals surface area contributed by atoms with E-state index in [2.05, 4.69) is 142 Å². The molecule has 4 aromatic carbocycles. The third-order valence-electron chi connectivity index (χ3n) is 21.7. The highest BCUT2D eigenvalue weighted by Crippen LogP contribution is 2.44. The molecule has 0 radical (unpaired) electrons. The molecule has 12 nitrogen and oxygen atoms in total. The maximum atomic E-state index is 8.91. The topological polar surface area (TPSA) is 120 Å². The average molecular weight is 1590 g/mol. The zero-order valence-corrected chi connectivity index (χ0v) is 74.1. The quantitative estimate of drug-likeness (QED) is 0.111. The predicted octanol–water partition coefficient (Wildman–Crippen LogP) is 26.1. The highest BCUT2D eigenvalue weighted by Gasteiger charge is 2.31. The van der Waals surface area contributed by atoms with Crippen LogP contribution in [0.5, 0.6) is 0 Å². The molecule has 0 saturated heterocycles. The van der Waals surface area contributed by atoms with Gasteiger partial charge >= 0.3 is 0 Å². The Balaban J connectivity index is 0.000000152. The normalized spacial score (nSPS) is 15.0. The van der Waals surface area contributed by atoms with Crippen molar-refractivity contribution in [1.29, 1.82) is 0 Å². The number of hydrogen-bond donors (Lipinski definition) is 0. The third-order valence-corrected chi connectivity index (χ3v) is 21.7. The monoisotopic (exact) mass is 1590 g/mol. The summed E-state index contributed by atoms with van der Waals surface area (Å²) in [6.07, 6.45) is 5.82. The van der Waals surface area contributed by atoms with E-state index in [4.69, 9.17) is 49.6 Å². The number of hydrogen-bond acceptors (Lipinski definition) is 8. The summed E-state index contributed by atoms with van der Waals surface area (Å²) < 4.78 is 165. The molecule has 612 valence electrons. The average Bonchev–Trinajstić information content (AvgIpc) is 1.38. The fourth-order valence-corrected chi connectivity index (χ4v) is 15.8. The molecule has 0 amide bonds. The van der Waals surface area contributed by atoms with Crippen LogP contribution in [0.15, 0.2) is 164 Å². The Labute approximate surface area is 723 Å². The minimum absolute atomic E-state index is 0.0151. The van der Waals surface area contributed by atoms with Gasteiger partial charge in [-0.15, -0.1) is 0 Å². The van der Waals surface area contributed by atoms with Crippen molar-refractivity contribution in [2.24, 2.45) is 49.9 Å². The SMILES string of the molecule is [2H]C([2H])([2H])c1c[n+](C)c(-c2c(C)ccc3c2oc2nc(C(C)C)ccc23)cc1C([2H])([2H])C(C)(C)C.[2H]C([2H])([2H])c1c[n+](C)c(-c2c(C)ccc3c2oc2nc(C(C)C)ccc23)cc1CC(C)(C)C.[2H]C([2H])([2H])c1c[n+](C)c(-c2c(C)ccc3c2oc2nc(CC)ccc23)cc1C([2H])([2H])C(C)(C)C.[2H]C([2H])([2H])c1c[n+](C)c(-c2c(C)ccc3c2oc2nc(CC)ccc23)cc1CC(C)(C)C. The van der Waals surface area contributed by atoms with E-state index < -0.39 is 51.0 Å². The summed E-state index contributed by atoms with van der Waals surface area (Å²) in [4.78, 5) is 18.8. The summed E-state index contributed by atoms with van der Waals surface area (Å²) in [7, 11) is 7.38. The van der Waals surface area contributed by atoms with Crippen LogP contribution in [-0.2, 0) is 66.6 Å². The maximum Gasteiger partial charge on any atom is 0.227 e. The molecule has 12 aromatic heterocycles. The van der Waals surface area contributed by atoms with Crippen LogP contribution in [-0.4, -0.2) is 19.9 Å². The van der Waals surface area contributed by atoms with E-state index in [1.165, 1.54) is 12.4 Å². The van der Waals surface area contributed by atoms with Gasteiger partial charge in [0.25, 0.3) is 0 Å². The number of aromatic nitrogens is 8. The van der Waals surface area contributed by atoms with Crippen LogP contribution in [0.3, 0.4) is 0 Å². The van der Waals surface area contributed by atoms with Gasteiger partial charge in [0.1, 0.15) is 28.2 Å². The molecule has 0 atom stereocenters. The fraction of sp³-hybridized carbons (Fsp3) is 0.396. The van der Waals surface area contributed by atoms with Crippen LogP contribution in [0.2, 0.25) is 0 Å². The minimum atomic E-state index is -2.46. The largest absolute Gasteiger partial charge is 0.437 e. The molecule has 0 bridgehead atoms. The van der Waals surface area contributed by atoms with E-state index in [0.717, 1.165) is 157 Å². The van der Waals surface area contributed by atoms with E-state index in [-0.39, 0.29) is 39.0 Å². The van der Waals surface area contributed by atoms with Gasteiger partial charge in [0, 0.05) is 134 Å². The number of rotatable bonds is 12. The maximum absolute atomic E-state index is 8.91. The Kier molecular flexibility index (Phi) is 18.5. The van der Waals surface area contributed by atoms with Crippen molar-refractivity contribution in [2.45, 2.75) is 230 Å². The second-order valence-corrected chi connectivity index (χ2v) is 37.3. The number of furan rings is 4. The van der Waals surface area contributed by atoms with Gasteiger partial charge in [-0.2, -0.15) is 0 Å². The van der Waals surface area contributed by atoms with Crippen molar-refractivity contribution in [2.75, 3.05) is 0 Å². The zero-order chi connectivity index (χ0) is 99.0. The first kappa shape index (κ1) is 66.2. The lowest BCUT2D eigenvalue weighted by Crippen LogP contribution is -2.32. The summed E-state index contributed by atoms with van der Waals surface area (Å²) in [6, 6.07) is 40.2. The van der Waals surface area contributed by atoms with E-state index in [1.54, 1.807) is 89.3 Å². The number of pyridine rings is 8. The Morgan fingerprint density at radius 1 is 0.322 bits per heavy atom. The molecule has 0 aliphatic carbocycles.